The number of ether oxygens (including phenoxy) is 1. The number of nitriles is 1. The maximum Gasteiger partial charge on any atom is 0.338 e. The summed E-state index contributed by atoms with van der Waals surface area (Å²) >= 11 is 1.41. The van der Waals surface area contributed by atoms with E-state index in [4.69, 9.17) is 4.74 Å². The molecule has 2 aromatic carbocycles. The van der Waals surface area contributed by atoms with Crippen LogP contribution in [0.15, 0.2) is 53.7 Å². The number of imidazole rings is 1. The van der Waals surface area contributed by atoms with Gasteiger partial charge in [-0.05, 0) is 37.6 Å². The first-order chi connectivity index (χ1) is 17.0. The standard InChI is InChI=1S/C26H29N5O3S/c1-3-31-22-11-10-20(25(33)34-4-2)16-21(22)28-26(31)35-18-24(32)30-14-12-29(13-15-30)23(17-27)19-8-6-5-7-9-19/h5-11,16,23H,3-4,12-15,18H2,1-2H3/t23-/m1/s1. The van der Waals surface area contributed by atoms with Crippen molar-refractivity contribution in [2.45, 2.75) is 31.6 Å². The number of benzene rings is 2. The molecule has 0 bridgehead atoms. The van der Waals surface area contributed by atoms with Gasteiger partial charge < -0.3 is 14.2 Å². The number of piperazine rings is 1. The van der Waals surface area contributed by atoms with Crippen molar-refractivity contribution in [1.29, 1.82) is 5.26 Å². The van der Waals surface area contributed by atoms with Crippen molar-refractivity contribution in [2.75, 3.05) is 38.5 Å². The van der Waals surface area contributed by atoms with Gasteiger partial charge in [0.15, 0.2) is 5.16 Å². The molecule has 182 valence electrons. The SMILES string of the molecule is CCOC(=O)c1ccc2c(c1)nc(SCC(=O)N1CCN([C@H](C#N)c3ccccc3)CC1)n2CC. The molecule has 2 heterocycles. The minimum atomic E-state index is -0.366. The Labute approximate surface area is 209 Å². The topological polar surface area (TPSA) is 91.5 Å². The van der Waals surface area contributed by atoms with Crippen LogP contribution in [0.2, 0.25) is 0 Å². The molecule has 35 heavy (non-hydrogen) atoms. The zero-order chi connectivity index (χ0) is 24.8. The third-order valence-electron chi connectivity index (χ3n) is 6.14. The number of rotatable bonds is 8. The van der Waals surface area contributed by atoms with Gasteiger partial charge in [0, 0.05) is 32.7 Å². The van der Waals surface area contributed by atoms with Crippen molar-refractivity contribution < 1.29 is 14.3 Å². The summed E-state index contributed by atoms with van der Waals surface area (Å²) < 4.78 is 7.14. The van der Waals surface area contributed by atoms with E-state index in [2.05, 4.69) is 20.5 Å². The summed E-state index contributed by atoms with van der Waals surface area (Å²) in [5, 5.41) is 10.4. The summed E-state index contributed by atoms with van der Waals surface area (Å²) in [7, 11) is 0. The number of carbonyl (C=O) groups excluding carboxylic acids is 2. The highest BCUT2D eigenvalue weighted by atomic mass is 32.2. The highest BCUT2D eigenvalue weighted by Gasteiger charge is 2.27. The lowest BCUT2D eigenvalue weighted by Crippen LogP contribution is -2.50. The molecule has 1 fully saturated rings. The highest BCUT2D eigenvalue weighted by molar-refractivity contribution is 7.99. The summed E-state index contributed by atoms with van der Waals surface area (Å²) in [6.07, 6.45) is 0. The van der Waals surface area contributed by atoms with Gasteiger partial charge in [0.05, 0.1) is 35.0 Å². The van der Waals surface area contributed by atoms with Crippen molar-refractivity contribution in [2.24, 2.45) is 0 Å². The monoisotopic (exact) mass is 491 g/mol. The smallest absolute Gasteiger partial charge is 0.338 e. The van der Waals surface area contributed by atoms with Crippen LogP contribution in [-0.2, 0) is 16.1 Å². The predicted molar refractivity (Wildman–Crippen MR) is 135 cm³/mol. The lowest BCUT2D eigenvalue weighted by atomic mass is 10.1. The number of esters is 1. The molecule has 1 saturated heterocycles. The second kappa shape index (κ2) is 11.4. The summed E-state index contributed by atoms with van der Waals surface area (Å²) in [5.74, 6) is -0.0197. The van der Waals surface area contributed by atoms with E-state index in [0.29, 0.717) is 50.4 Å². The molecule has 0 saturated carbocycles. The van der Waals surface area contributed by atoms with Gasteiger partial charge in [0.2, 0.25) is 5.91 Å². The largest absolute Gasteiger partial charge is 0.462 e. The van der Waals surface area contributed by atoms with Crippen LogP contribution in [0.5, 0.6) is 0 Å². The lowest BCUT2D eigenvalue weighted by molar-refractivity contribution is -0.130. The Hall–Kier alpha value is -3.35. The highest BCUT2D eigenvalue weighted by Crippen LogP contribution is 2.26. The quantitative estimate of drug-likeness (QED) is 0.350. The molecule has 1 aromatic heterocycles. The Morgan fingerprint density at radius 3 is 2.51 bits per heavy atom. The van der Waals surface area contributed by atoms with E-state index in [9.17, 15) is 14.9 Å². The molecule has 0 aliphatic carbocycles. The second-order valence-electron chi connectivity index (χ2n) is 8.21. The molecule has 3 aromatic rings. The number of nitrogens with zero attached hydrogens (tertiary/aromatic N) is 5. The Bertz CT molecular complexity index is 1230. The van der Waals surface area contributed by atoms with Crippen molar-refractivity contribution in [1.82, 2.24) is 19.4 Å². The van der Waals surface area contributed by atoms with Crippen molar-refractivity contribution >= 4 is 34.7 Å². The minimum absolute atomic E-state index is 0.0600. The van der Waals surface area contributed by atoms with E-state index < -0.39 is 0 Å². The Morgan fingerprint density at radius 2 is 1.86 bits per heavy atom. The fraction of sp³-hybridized carbons (Fsp3) is 0.385. The van der Waals surface area contributed by atoms with Crippen LogP contribution in [0.3, 0.4) is 0 Å². The fourth-order valence-electron chi connectivity index (χ4n) is 4.31. The van der Waals surface area contributed by atoms with Gasteiger partial charge in [-0.3, -0.25) is 9.69 Å². The van der Waals surface area contributed by atoms with Crippen LogP contribution >= 0.6 is 11.8 Å². The van der Waals surface area contributed by atoms with Crippen molar-refractivity contribution in [3.05, 3.63) is 59.7 Å². The summed E-state index contributed by atoms with van der Waals surface area (Å²) in [5.41, 5.74) is 3.09. The summed E-state index contributed by atoms with van der Waals surface area (Å²) in [6.45, 7) is 7.35. The molecule has 4 rings (SSSR count). The van der Waals surface area contributed by atoms with Crippen LogP contribution in [0.1, 0.15) is 35.8 Å². The number of fused-ring (bicyclic) bond motifs is 1. The molecular weight excluding hydrogens is 462 g/mol. The average Bonchev–Trinajstić information content (AvgIpc) is 3.25. The molecule has 8 nitrogen and oxygen atoms in total. The van der Waals surface area contributed by atoms with E-state index in [0.717, 1.165) is 16.2 Å². The van der Waals surface area contributed by atoms with E-state index in [-0.39, 0.29) is 23.7 Å². The van der Waals surface area contributed by atoms with Gasteiger partial charge in [-0.2, -0.15) is 5.26 Å². The summed E-state index contributed by atoms with van der Waals surface area (Å²) in [4.78, 5) is 33.7. The Kier molecular flexibility index (Phi) is 8.06. The number of hydrogen-bond acceptors (Lipinski definition) is 7. The van der Waals surface area contributed by atoms with Gasteiger partial charge in [0.25, 0.3) is 0 Å². The number of aryl methyl sites for hydroxylation is 1. The zero-order valence-corrected chi connectivity index (χ0v) is 20.8. The van der Waals surface area contributed by atoms with Gasteiger partial charge in [0.1, 0.15) is 6.04 Å². The number of hydrogen-bond donors (Lipinski definition) is 0. The number of thioether (sulfide) groups is 1. The van der Waals surface area contributed by atoms with Crippen LogP contribution in [0.25, 0.3) is 11.0 Å². The number of carbonyl (C=O) groups is 2. The van der Waals surface area contributed by atoms with Gasteiger partial charge in [-0.25, -0.2) is 9.78 Å². The van der Waals surface area contributed by atoms with E-state index >= 15 is 0 Å². The first kappa shape index (κ1) is 24.8. The van der Waals surface area contributed by atoms with Crippen LogP contribution < -0.4 is 0 Å². The molecule has 0 spiro atoms. The fourth-order valence-corrected chi connectivity index (χ4v) is 5.30. The number of aromatic nitrogens is 2. The number of amides is 1. The van der Waals surface area contributed by atoms with Crippen LogP contribution in [-0.4, -0.2) is 69.8 Å². The van der Waals surface area contributed by atoms with E-state index in [1.165, 1.54) is 11.8 Å². The third-order valence-corrected chi connectivity index (χ3v) is 7.10. The zero-order valence-electron chi connectivity index (χ0n) is 20.0. The summed E-state index contributed by atoms with van der Waals surface area (Å²) in [6, 6.07) is 17.2. The third kappa shape index (κ3) is 5.50. The maximum absolute atomic E-state index is 12.9. The van der Waals surface area contributed by atoms with E-state index in [1.54, 1.807) is 19.1 Å². The molecule has 1 amide bonds. The average molecular weight is 492 g/mol. The van der Waals surface area contributed by atoms with Gasteiger partial charge >= 0.3 is 5.97 Å². The van der Waals surface area contributed by atoms with Crippen molar-refractivity contribution in [3.63, 3.8) is 0 Å². The normalized spacial score (nSPS) is 15.1. The van der Waals surface area contributed by atoms with Crippen LogP contribution in [0, 0.1) is 11.3 Å². The molecule has 1 aliphatic heterocycles. The molecule has 0 radical (unpaired) electrons. The molecule has 0 unspecified atom stereocenters. The van der Waals surface area contributed by atoms with Gasteiger partial charge in [-0.1, -0.05) is 42.1 Å². The molecule has 1 atom stereocenters. The first-order valence-corrected chi connectivity index (χ1v) is 12.8. The minimum Gasteiger partial charge on any atom is -0.462 e. The first-order valence-electron chi connectivity index (χ1n) is 11.8. The molecule has 9 heteroatoms. The van der Waals surface area contributed by atoms with Gasteiger partial charge in [-0.15, -0.1) is 0 Å². The van der Waals surface area contributed by atoms with E-state index in [1.807, 2.05) is 48.2 Å². The molecule has 1 aliphatic rings. The Balaban J connectivity index is 1.37. The predicted octanol–water partition coefficient (Wildman–Crippen LogP) is 3.73. The molecular formula is C26H29N5O3S. The lowest BCUT2D eigenvalue weighted by Gasteiger charge is -2.37. The Morgan fingerprint density at radius 1 is 1.11 bits per heavy atom. The maximum atomic E-state index is 12.9. The molecule has 0 N–H and O–H groups in total. The second-order valence-corrected chi connectivity index (χ2v) is 9.15. The van der Waals surface area contributed by atoms with Crippen molar-refractivity contribution in [3.8, 4) is 6.07 Å². The van der Waals surface area contributed by atoms with Crippen LogP contribution in [0.4, 0.5) is 0 Å².